The number of nitrogens with zero attached hydrogens (tertiary/aromatic N) is 4. The third-order valence-electron chi connectivity index (χ3n) is 3.49. The Morgan fingerprint density at radius 2 is 1.05 bits per heavy atom. The molecule has 1 aliphatic rings. The van der Waals surface area contributed by atoms with E-state index in [0.29, 0.717) is 0 Å². The zero-order chi connectivity index (χ0) is 14.5. The Labute approximate surface area is 155 Å². The number of hydrogen-bond acceptors (Lipinski definition) is 4. The van der Waals surface area contributed by atoms with Crippen LogP contribution < -0.4 is 0 Å². The SMILES string of the molecule is C[N-]CCN1CCOCCN(CC[N-]C)CCOCC1.[Y]. The Morgan fingerprint density at radius 3 is 1.33 bits per heavy atom. The molecule has 0 amide bonds. The van der Waals surface area contributed by atoms with Gasteiger partial charge in [0.1, 0.15) is 0 Å². The van der Waals surface area contributed by atoms with Crippen molar-refractivity contribution in [2.75, 3.05) is 92.9 Å². The van der Waals surface area contributed by atoms with Crippen molar-refractivity contribution in [3.05, 3.63) is 10.6 Å². The van der Waals surface area contributed by atoms with Crippen molar-refractivity contribution < 1.29 is 42.2 Å². The number of hydrogen-bond donors (Lipinski definition) is 0. The summed E-state index contributed by atoms with van der Waals surface area (Å²) in [4.78, 5) is 4.73. The molecule has 0 N–H and O–H groups in total. The predicted octanol–water partition coefficient (Wildman–Crippen LogP) is 0.642. The molecule has 1 aliphatic heterocycles. The summed E-state index contributed by atoms with van der Waals surface area (Å²) < 4.78 is 11.5. The number of ether oxygens (including phenoxy) is 2. The minimum atomic E-state index is 0. The fourth-order valence-corrected chi connectivity index (χ4v) is 2.13. The van der Waals surface area contributed by atoms with Crippen LogP contribution in [0.15, 0.2) is 0 Å². The van der Waals surface area contributed by atoms with Gasteiger partial charge in [0.2, 0.25) is 0 Å². The molecule has 7 heteroatoms. The summed E-state index contributed by atoms with van der Waals surface area (Å²) in [6.07, 6.45) is 0. The maximum atomic E-state index is 5.74. The molecule has 0 spiro atoms. The van der Waals surface area contributed by atoms with Crippen LogP contribution in [0.3, 0.4) is 0 Å². The van der Waals surface area contributed by atoms with Gasteiger partial charge in [-0.05, 0) is 13.1 Å². The van der Waals surface area contributed by atoms with Crippen molar-refractivity contribution in [3.63, 3.8) is 0 Å². The summed E-state index contributed by atoms with van der Waals surface area (Å²) in [5, 5.41) is 8.32. The molecule has 1 heterocycles. The van der Waals surface area contributed by atoms with E-state index in [4.69, 9.17) is 9.47 Å². The molecule has 21 heavy (non-hydrogen) atoms. The molecule has 0 unspecified atom stereocenters. The van der Waals surface area contributed by atoms with Gasteiger partial charge >= 0.3 is 0 Å². The van der Waals surface area contributed by atoms with Crippen molar-refractivity contribution in [3.8, 4) is 0 Å². The number of rotatable bonds is 6. The Balaban J connectivity index is 0.00000400. The van der Waals surface area contributed by atoms with Crippen molar-refractivity contribution in [2.45, 2.75) is 0 Å². The standard InChI is InChI=1S/C14H30N4O2.Y/c1-15-3-5-17-7-11-19-13-9-18(6-4-16-2)10-14-20-12-8-17;/h3-14H2,1-2H3;/q-2;. The van der Waals surface area contributed by atoms with Gasteiger partial charge in [-0.15, -0.1) is 13.1 Å². The van der Waals surface area contributed by atoms with Gasteiger partial charge in [0.25, 0.3) is 0 Å². The van der Waals surface area contributed by atoms with Crippen LogP contribution in [0.2, 0.25) is 0 Å². The van der Waals surface area contributed by atoms with Crippen LogP contribution in [-0.4, -0.2) is 103 Å². The summed E-state index contributed by atoms with van der Waals surface area (Å²) in [5.74, 6) is 0. The number of likely N-dealkylation sites (N-methyl/N-ethyl adjacent to an activating group) is 2. The summed E-state index contributed by atoms with van der Waals surface area (Å²) >= 11 is 0. The molecule has 6 nitrogen and oxygen atoms in total. The molecule has 0 aromatic carbocycles. The van der Waals surface area contributed by atoms with Crippen LogP contribution in [-0.2, 0) is 42.2 Å². The zero-order valence-electron chi connectivity index (χ0n) is 13.7. The molecule has 0 saturated carbocycles. The maximum absolute atomic E-state index is 5.74. The Kier molecular flexibility index (Phi) is 16.4. The minimum absolute atomic E-state index is 0. The molecular formula is C14H30N4O2Y-2. The van der Waals surface area contributed by atoms with E-state index in [1.54, 1.807) is 0 Å². The predicted molar refractivity (Wildman–Crippen MR) is 82.8 cm³/mol. The van der Waals surface area contributed by atoms with Gasteiger partial charge in [0, 0.05) is 58.9 Å². The summed E-state index contributed by atoms with van der Waals surface area (Å²) in [6.45, 7) is 10.7. The Morgan fingerprint density at radius 1 is 0.714 bits per heavy atom. The van der Waals surface area contributed by atoms with Crippen molar-refractivity contribution in [1.82, 2.24) is 9.80 Å². The van der Waals surface area contributed by atoms with Gasteiger partial charge in [0.15, 0.2) is 0 Å². The van der Waals surface area contributed by atoms with E-state index in [9.17, 15) is 0 Å². The quantitative estimate of drug-likeness (QED) is 0.684. The minimum Gasteiger partial charge on any atom is -0.664 e. The second-order valence-corrected chi connectivity index (χ2v) is 4.99. The molecule has 1 saturated heterocycles. The van der Waals surface area contributed by atoms with Gasteiger partial charge in [-0.1, -0.05) is 0 Å². The third kappa shape index (κ3) is 12.0. The van der Waals surface area contributed by atoms with Gasteiger partial charge in [-0.25, -0.2) is 0 Å². The first-order valence-corrected chi connectivity index (χ1v) is 7.58. The van der Waals surface area contributed by atoms with E-state index < -0.39 is 0 Å². The van der Waals surface area contributed by atoms with E-state index in [1.165, 1.54) is 0 Å². The second-order valence-electron chi connectivity index (χ2n) is 4.99. The first-order valence-electron chi connectivity index (χ1n) is 7.58. The molecule has 1 radical (unpaired) electrons. The monoisotopic (exact) mass is 375 g/mol. The maximum Gasteiger partial charge on any atom is 0.0594 e. The average Bonchev–Trinajstić information content (AvgIpc) is 2.45. The van der Waals surface area contributed by atoms with Gasteiger partial charge < -0.3 is 29.9 Å². The van der Waals surface area contributed by atoms with Gasteiger partial charge in [-0.3, -0.25) is 0 Å². The fraction of sp³-hybridized carbons (Fsp3) is 1.00. The van der Waals surface area contributed by atoms with E-state index in [2.05, 4.69) is 20.4 Å². The summed E-state index contributed by atoms with van der Waals surface area (Å²) in [7, 11) is 3.72. The van der Waals surface area contributed by atoms with Gasteiger partial charge in [-0.2, -0.15) is 14.1 Å². The molecule has 1 fully saturated rings. The van der Waals surface area contributed by atoms with E-state index in [1.807, 2.05) is 14.1 Å². The molecule has 0 aliphatic carbocycles. The average molecular weight is 375 g/mol. The molecule has 123 valence electrons. The van der Waals surface area contributed by atoms with Crippen LogP contribution in [0.4, 0.5) is 0 Å². The second kappa shape index (κ2) is 15.7. The zero-order valence-corrected chi connectivity index (χ0v) is 16.5. The molecule has 0 aromatic heterocycles. The first-order chi connectivity index (χ1) is 9.86. The van der Waals surface area contributed by atoms with Crippen LogP contribution in [0, 0.1) is 0 Å². The summed E-state index contributed by atoms with van der Waals surface area (Å²) in [5.41, 5.74) is 0. The van der Waals surface area contributed by atoms with E-state index in [0.717, 1.165) is 78.8 Å². The molecule has 0 aromatic rings. The van der Waals surface area contributed by atoms with Crippen molar-refractivity contribution in [1.29, 1.82) is 0 Å². The third-order valence-corrected chi connectivity index (χ3v) is 3.49. The van der Waals surface area contributed by atoms with Crippen LogP contribution in [0.1, 0.15) is 0 Å². The van der Waals surface area contributed by atoms with Crippen molar-refractivity contribution in [2.24, 2.45) is 0 Å². The molecule has 0 bridgehead atoms. The Bertz CT molecular complexity index is 191. The first kappa shape index (κ1) is 21.9. The largest absolute Gasteiger partial charge is 0.664 e. The van der Waals surface area contributed by atoms with E-state index in [-0.39, 0.29) is 32.7 Å². The fourth-order valence-electron chi connectivity index (χ4n) is 2.13. The van der Waals surface area contributed by atoms with Crippen LogP contribution in [0.25, 0.3) is 10.6 Å². The van der Waals surface area contributed by atoms with Crippen LogP contribution >= 0.6 is 0 Å². The topological polar surface area (TPSA) is 53.1 Å². The van der Waals surface area contributed by atoms with E-state index >= 15 is 0 Å². The Hall–Kier alpha value is 0.864. The van der Waals surface area contributed by atoms with Gasteiger partial charge in [0.05, 0.1) is 26.4 Å². The smallest absolute Gasteiger partial charge is 0.0594 e. The van der Waals surface area contributed by atoms with Crippen molar-refractivity contribution >= 4 is 0 Å². The summed E-state index contributed by atoms with van der Waals surface area (Å²) in [6, 6.07) is 0. The molecular weight excluding hydrogens is 345 g/mol. The van der Waals surface area contributed by atoms with Crippen LogP contribution in [0.5, 0.6) is 0 Å². The molecule has 1 rings (SSSR count). The molecule has 0 atom stereocenters. The normalized spacial score (nSPS) is 20.3.